The summed E-state index contributed by atoms with van der Waals surface area (Å²) in [6.45, 7) is 0.0233. The summed E-state index contributed by atoms with van der Waals surface area (Å²) in [6.07, 6.45) is 3.03. The number of amides is 1. The number of nitro groups is 1. The number of hydrogen-bond acceptors (Lipinski definition) is 7. The van der Waals surface area contributed by atoms with Crippen LogP contribution < -0.4 is 11.0 Å². The zero-order valence-corrected chi connectivity index (χ0v) is 17.9. The smallest absolute Gasteiger partial charge is 0.279 e. The predicted octanol–water partition coefficient (Wildman–Crippen LogP) is 2.81. The summed E-state index contributed by atoms with van der Waals surface area (Å²) in [5, 5.41) is 21.1. The zero-order valence-electron chi connectivity index (χ0n) is 17.9. The molecule has 11 nitrogen and oxygen atoms in total. The van der Waals surface area contributed by atoms with Crippen LogP contribution in [0.3, 0.4) is 0 Å². The van der Waals surface area contributed by atoms with Crippen molar-refractivity contribution in [3.63, 3.8) is 0 Å². The lowest BCUT2D eigenvalue weighted by molar-refractivity contribution is -0.384. The Morgan fingerprint density at radius 3 is 2.77 bits per heavy atom. The van der Waals surface area contributed by atoms with Crippen molar-refractivity contribution in [1.82, 2.24) is 14.0 Å². The van der Waals surface area contributed by atoms with Crippen molar-refractivity contribution in [1.29, 1.82) is 5.26 Å². The summed E-state index contributed by atoms with van der Waals surface area (Å²) in [5.41, 5.74) is -0.236. The third kappa shape index (κ3) is 3.85. The van der Waals surface area contributed by atoms with Crippen LogP contribution in [0.25, 0.3) is 16.7 Å². The first-order valence-corrected chi connectivity index (χ1v) is 10.3. The molecule has 0 aliphatic rings. The van der Waals surface area contributed by atoms with Gasteiger partial charge in [-0.25, -0.2) is 4.98 Å². The van der Waals surface area contributed by atoms with Crippen LogP contribution in [0, 0.1) is 21.4 Å². The average molecular weight is 466 g/mol. The number of nitro benzene ring substituents is 1. The van der Waals surface area contributed by atoms with Crippen LogP contribution in [0.2, 0.25) is 0 Å². The van der Waals surface area contributed by atoms with Gasteiger partial charge in [0.05, 0.1) is 28.7 Å². The monoisotopic (exact) mass is 466 g/mol. The van der Waals surface area contributed by atoms with Gasteiger partial charge in [0, 0.05) is 23.9 Å². The maximum atomic E-state index is 13.2. The van der Waals surface area contributed by atoms with Gasteiger partial charge < -0.3 is 8.98 Å². The van der Waals surface area contributed by atoms with Gasteiger partial charge in [-0.05, 0) is 36.4 Å². The second-order valence-corrected chi connectivity index (χ2v) is 7.47. The molecule has 0 aliphatic carbocycles. The molecule has 0 bridgehead atoms. The molecule has 0 unspecified atom stereocenters. The molecule has 1 aromatic carbocycles. The summed E-state index contributed by atoms with van der Waals surface area (Å²) in [5.74, 6) is -0.323. The number of furan rings is 1. The second kappa shape index (κ2) is 8.53. The topological polar surface area (TPSA) is 149 Å². The minimum absolute atomic E-state index is 0.0233. The number of pyridine rings is 2. The molecule has 0 atom stereocenters. The van der Waals surface area contributed by atoms with Gasteiger partial charge in [-0.1, -0.05) is 12.1 Å². The normalized spacial score (nSPS) is 11.6. The second-order valence-electron chi connectivity index (χ2n) is 7.47. The summed E-state index contributed by atoms with van der Waals surface area (Å²) in [7, 11) is 0. The van der Waals surface area contributed by atoms with Crippen LogP contribution in [0.15, 0.2) is 87.3 Å². The molecule has 0 radical (unpaired) electrons. The lowest BCUT2D eigenvalue weighted by atomic mass is 10.2. The number of carbonyl (C=O) groups excluding carboxylic acids is 1. The Hall–Kier alpha value is -5.37. The third-order valence-electron chi connectivity index (χ3n) is 5.32. The highest BCUT2D eigenvalue weighted by atomic mass is 16.6. The number of hydrogen-bond donors (Lipinski definition) is 0. The van der Waals surface area contributed by atoms with Gasteiger partial charge in [0.1, 0.15) is 23.1 Å². The molecule has 0 saturated heterocycles. The van der Waals surface area contributed by atoms with Crippen molar-refractivity contribution in [2.75, 3.05) is 0 Å². The minimum Gasteiger partial charge on any atom is -0.467 e. The van der Waals surface area contributed by atoms with Gasteiger partial charge in [0.25, 0.3) is 17.2 Å². The van der Waals surface area contributed by atoms with E-state index in [1.165, 1.54) is 39.5 Å². The Morgan fingerprint density at radius 1 is 1.17 bits per heavy atom. The fourth-order valence-corrected chi connectivity index (χ4v) is 3.70. The molecular formula is C24H14N6O5. The zero-order chi connectivity index (χ0) is 24.5. The highest BCUT2D eigenvalue weighted by Crippen LogP contribution is 2.15. The van der Waals surface area contributed by atoms with E-state index < -0.39 is 16.4 Å². The van der Waals surface area contributed by atoms with E-state index in [0.717, 1.165) is 6.07 Å². The number of benzene rings is 1. The Labute approximate surface area is 195 Å². The predicted molar refractivity (Wildman–Crippen MR) is 122 cm³/mol. The molecular weight excluding hydrogens is 452 g/mol. The van der Waals surface area contributed by atoms with E-state index in [1.807, 2.05) is 6.07 Å². The molecule has 4 aromatic heterocycles. The van der Waals surface area contributed by atoms with Crippen LogP contribution in [0.5, 0.6) is 0 Å². The van der Waals surface area contributed by atoms with Crippen LogP contribution in [0.4, 0.5) is 5.69 Å². The minimum atomic E-state index is -0.796. The van der Waals surface area contributed by atoms with Crippen molar-refractivity contribution < 1.29 is 14.1 Å². The van der Waals surface area contributed by atoms with E-state index in [1.54, 1.807) is 36.5 Å². The SMILES string of the molecule is N#Cc1cc2c(=O)n3ccccc3nc2n(Cc2ccco2)c1=NC(=O)c1cccc([N+](=O)[O-])c1. The lowest BCUT2D eigenvalue weighted by Crippen LogP contribution is -2.29. The third-order valence-corrected chi connectivity index (χ3v) is 5.32. The average Bonchev–Trinajstić information content (AvgIpc) is 3.39. The van der Waals surface area contributed by atoms with Gasteiger partial charge in [0.2, 0.25) is 0 Å². The van der Waals surface area contributed by atoms with Gasteiger partial charge in [-0.3, -0.25) is 24.1 Å². The molecule has 5 rings (SSSR count). The number of non-ortho nitro benzene ring substituents is 1. The van der Waals surface area contributed by atoms with Gasteiger partial charge in [-0.2, -0.15) is 10.3 Å². The number of nitrogens with zero attached hydrogens (tertiary/aromatic N) is 6. The fraction of sp³-hybridized carbons (Fsp3) is 0.0417. The largest absolute Gasteiger partial charge is 0.467 e. The number of nitriles is 1. The molecule has 5 aromatic rings. The van der Waals surface area contributed by atoms with Crippen LogP contribution in [-0.2, 0) is 6.54 Å². The molecule has 1 amide bonds. The van der Waals surface area contributed by atoms with Crippen molar-refractivity contribution in [2.24, 2.45) is 4.99 Å². The number of rotatable bonds is 4. The van der Waals surface area contributed by atoms with Crippen molar-refractivity contribution in [3.8, 4) is 6.07 Å². The molecule has 4 heterocycles. The van der Waals surface area contributed by atoms with Crippen molar-refractivity contribution >= 4 is 28.3 Å². The molecule has 0 aliphatic heterocycles. The summed E-state index contributed by atoms with van der Waals surface area (Å²) in [6, 6.07) is 16.9. The van der Waals surface area contributed by atoms with E-state index in [-0.39, 0.29) is 39.9 Å². The highest BCUT2D eigenvalue weighted by molar-refractivity contribution is 5.95. The Balaban J connectivity index is 1.84. The molecule has 0 N–H and O–H groups in total. The van der Waals surface area contributed by atoms with Crippen molar-refractivity contribution in [2.45, 2.75) is 6.54 Å². The summed E-state index contributed by atoms with van der Waals surface area (Å²) < 4.78 is 8.26. The standard InChI is InChI=1S/C24H14N6O5/c25-13-16-12-19-22(26-20-8-1-2-9-28(20)24(19)32)29(14-18-7-4-10-35-18)21(16)27-23(31)15-5-3-6-17(11-15)30(33)34/h1-12H,14H2. The summed E-state index contributed by atoms with van der Waals surface area (Å²) >= 11 is 0. The van der Waals surface area contributed by atoms with Crippen LogP contribution >= 0.6 is 0 Å². The van der Waals surface area contributed by atoms with Gasteiger partial charge in [0.15, 0.2) is 5.49 Å². The lowest BCUT2D eigenvalue weighted by Gasteiger charge is -2.12. The fourth-order valence-electron chi connectivity index (χ4n) is 3.70. The first-order valence-electron chi connectivity index (χ1n) is 10.3. The number of aromatic nitrogens is 3. The molecule has 35 heavy (non-hydrogen) atoms. The molecule has 0 fully saturated rings. The van der Waals surface area contributed by atoms with E-state index in [0.29, 0.717) is 11.4 Å². The Bertz CT molecular complexity index is 1810. The van der Waals surface area contributed by atoms with E-state index in [2.05, 4.69) is 9.98 Å². The number of carbonyl (C=O) groups is 1. The first kappa shape index (κ1) is 21.5. The van der Waals surface area contributed by atoms with E-state index in [4.69, 9.17) is 4.42 Å². The summed E-state index contributed by atoms with van der Waals surface area (Å²) in [4.78, 5) is 45.4. The maximum Gasteiger partial charge on any atom is 0.279 e. The van der Waals surface area contributed by atoms with Gasteiger partial charge in [-0.15, -0.1) is 0 Å². The van der Waals surface area contributed by atoms with Crippen LogP contribution in [0.1, 0.15) is 21.7 Å². The Kier molecular flexibility index (Phi) is 5.23. The van der Waals surface area contributed by atoms with E-state index in [9.17, 15) is 25.0 Å². The molecule has 11 heteroatoms. The van der Waals surface area contributed by atoms with Crippen molar-refractivity contribution in [3.05, 3.63) is 116 Å². The highest BCUT2D eigenvalue weighted by Gasteiger charge is 2.17. The van der Waals surface area contributed by atoms with Gasteiger partial charge >= 0.3 is 0 Å². The number of fused-ring (bicyclic) bond motifs is 2. The molecule has 170 valence electrons. The first-order chi connectivity index (χ1) is 17.0. The quantitative estimate of drug-likeness (QED) is 0.225. The van der Waals surface area contributed by atoms with E-state index >= 15 is 0 Å². The Morgan fingerprint density at radius 2 is 2.03 bits per heavy atom. The molecule has 0 spiro atoms. The molecule has 0 saturated carbocycles. The van der Waals surface area contributed by atoms with Crippen LogP contribution in [-0.4, -0.2) is 24.8 Å². The maximum absolute atomic E-state index is 13.2.